The third-order valence-electron chi connectivity index (χ3n) is 4.32. The number of hydrogen-bond donors (Lipinski definition) is 1. The molecule has 0 saturated carbocycles. The van der Waals surface area contributed by atoms with Crippen molar-refractivity contribution in [2.24, 2.45) is 0 Å². The number of methoxy groups -OCH3 is 1. The molecule has 0 amide bonds. The number of benzene rings is 1. The monoisotopic (exact) mass is 333 g/mol. The number of nitrogens with one attached hydrogen (secondary N) is 1. The van der Waals surface area contributed by atoms with Crippen LogP contribution in [0.5, 0.6) is 5.75 Å². The van der Waals surface area contributed by atoms with Crippen LogP contribution in [0.3, 0.4) is 0 Å². The summed E-state index contributed by atoms with van der Waals surface area (Å²) in [5, 5.41) is 3.50. The molecule has 1 aromatic carbocycles. The van der Waals surface area contributed by atoms with E-state index < -0.39 is 0 Å². The zero-order valence-corrected chi connectivity index (χ0v) is 14.5. The summed E-state index contributed by atoms with van der Waals surface area (Å²) in [6, 6.07) is 12.7. The van der Waals surface area contributed by atoms with Gasteiger partial charge in [-0.1, -0.05) is 24.3 Å². The van der Waals surface area contributed by atoms with Gasteiger partial charge in [-0.15, -0.1) is 12.4 Å². The number of aryl methyl sites for hydroxylation is 1. The van der Waals surface area contributed by atoms with Crippen molar-refractivity contribution in [3.8, 4) is 5.75 Å². The predicted molar refractivity (Wildman–Crippen MR) is 95.2 cm³/mol. The van der Waals surface area contributed by atoms with Crippen LogP contribution >= 0.6 is 12.4 Å². The molecule has 0 aliphatic carbocycles. The molecule has 1 aliphatic rings. The molecule has 0 spiro atoms. The molecule has 2 heterocycles. The van der Waals surface area contributed by atoms with Crippen molar-refractivity contribution in [2.75, 3.05) is 26.7 Å². The van der Waals surface area contributed by atoms with Crippen molar-refractivity contribution >= 4 is 12.4 Å². The molecule has 0 radical (unpaired) electrons. The maximum atomic E-state index is 5.55. The Kier molecular flexibility index (Phi) is 6.39. The lowest BCUT2D eigenvalue weighted by atomic mass is 10.0. The molecule has 4 nitrogen and oxygen atoms in total. The Bertz CT molecular complexity index is 635. The molecule has 1 aromatic heterocycles. The summed E-state index contributed by atoms with van der Waals surface area (Å²) < 4.78 is 5.55. The van der Waals surface area contributed by atoms with Crippen LogP contribution in [0.1, 0.15) is 22.9 Å². The quantitative estimate of drug-likeness (QED) is 0.933. The van der Waals surface area contributed by atoms with Crippen LogP contribution in [0.4, 0.5) is 0 Å². The molecule has 3 rings (SSSR count). The molecule has 2 aromatic rings. The van der Waals surface area contributed by atoms with Gasteiger partial charge in [-0.05, 0) is 24.6 Å². The molecule has 1 N–H and O–H groups in total. The highest BCUT2D eigenvalue weighted by atomic mass is 35.5. The largest absolute Gasteiger partial charge is 0.496 e. The topological polar surface area (TPSA) is 37.4 Å². The average molecular weight is 334 g/mol. The number of piperazine rings is 1. The van der Waals surface area contributed by atoms with E-state index >= 15 is 0 Å². The Morgan fingerprint density at radius 3 is 2.87 bits per heavy atom. The maximum absolute atomic E-state index is 5.55. The van der Waals surface area contributed by atoms with Gasteiger partial charge in [-0.3, -0.25) is 9.88 Å². The SMILES string of the molecule is COc1ccccc1C1CNCCN1Cc1ncccc1C.Cl. The lowest BCUT2D eigenvalue weighted by molar-refractivity contribution is 0.149. The zero-order valence-electron chi connectivity index (χ0n) is 13.7. The number of nitrogens with zero attached hydrogens (tertiary/aromatic N) is 2. The smallest absolute Gasteiger partial charge is 0.123 e. The first-order chi connectivity index (χ1) is 10.8. The van der Waals surface area contributed by atoms with Gasteiger partial charge in [0.2, 0.25) is 0 Å². The van der Waals surface area contributed by atoms with Crippen molar-refractivity contribution in [2.45, 2.75) is 19.5 Å². The van der Waals surface area contributed by atoms with Crippen LogP contribution in [-0.4, -0.2) is 36.6 Å². The second-order valence-electron chi connectivity index (χ2n) is 5.70. The number of rotatable bonds is 4. The Balaban J connectivity index is 0.00000192. The number of halogens is 1. The molecule has 124 valence electrons. The van der Waals surface area contributed by atoms with Gasteiger partial charge in [0.25, 0.3) is 0 Å². The van der Waals surface area contributed by atoms with E-state index in [-0.39, 0.29) is 12.4 Å². The Hall–Kier alpha value is -1.62. The summed E-state index contributed by atoms with van der Waals surface area (Å²) in [5.74, 6) is 0.957. The van der Waals surface area contributed by atoms with E-state index in [9.17, 15) is 0 Å². The molecule has 1 atom stereocenters. The second-order valence-corrected chi connectivity index (χ2v) is 5.70. The summed E-state index contributed by atoms with van der Waals surface area (Å²) >= 11 is 0. The summed E-state index contributed by atoms with van der Waals surface area (Å²) in [4.78, 5) is 7.04. The van der Waals surface area contributed by atoms with Gasteiger partial charge in [-0.25, -0.2) is 0 Å². The highest BCUT2D eigenvalue weighted by molar-refractivity contribution is 5.85. The van der Waals surface area contributed by atoms with Crippen LogP contribution < -0.4 is 10.1 Å². The highest BCUT2D eigenvalue weighted by Gasteiger charge is 2.26. The number of hydrogen-bond acceptors (Lipinski definition) is 4. The summed E-state index contributed by atoms with van der Waals surface area (Å²) in [6.45, 7) is 5.96. The minimum Gasteiger partial charge on any atom is -0.496 e. The lowest BCUT2D eigenvalue weighted by Gasteiger charge is -2.37. The summed E-state index contributed by atoms with van der Waals surface area (Å²) in [6.07, 6.45) is 1.88. The molecule has 23 heavy (non-hydrogen) atoms. The van der Waals surface area contributed by atoms with E-state index in [4.69, 9.17) is 4.74 Å². The van der Waals surface area contributed by atoms with Gasteiger partial charge < -0.3 is 10.1 Å². The number of para-hydroxylation sites is 1. The zero-order chi connectivity index (χ0) is 15.4. The lowest BCUT2D eigenvalue weighted by Crippen LogP contribution is -2.45. The maximum Gasteiger partial charge on any atom is 0.123 e. The van der Waals surface area contributed by atoms with Gasteiger partial charge in [0.1, 0.15) is 5.75 Å². The molecular formula is C18H24ClN3O. The Labute approximate surface area is 144 Å². The molecule has 5 heteroatoms. The van der Waals surface area contributed by atoms with Crippen molar-refractivity contribution in [3.63, 3.8) is 0 Å². The van der Waals surface area contributed by atoms with Crippen LogP contribution in [0.25, 0.3) is 0 Å². The van der Waals surface area contributed by atoms with Gasteiger partial charge in [-0.2, -0.15) is 0 Å². The fourth-order valence-electron chi connectivity index (χ4n) is 3.06. The Morgan fingerprint density at radius 2 is 2.09 bits per heavy atom. The van der Waals surface area contributed by atoms with E-state index in [0.717, 1.165) is 37.6 Å². The number of pyridine rings is 1. The molecule has 1 fully saturated rings. The van der Waals surface area contributed by atoms with Crippen LogP contribution in [0.2, 0.25) is 0 Å². The third-order valence-corrected chi connectivity index (χ3v) is 4.32. The van der Waals surface area contributed by atoms with E-state index in [0.29, 0.717) is 6.04 Å². The first-order valence-electron chi connectivity index (χ1n) is 7.78. The molecule has 1 aliphatic heterocycles. The third kappa shape index (κ3) is 4.02. The van der Waals surface area contributed by atoms with Gasteiger partial charge in [0.15, 0.2) is 0 Å². The van der Waals surface area contributed by atoms with Gasteiger partial charge in [0.05, 0.1) is 18.8 Å². The summed E-state index contributed by atoms with van der Waals surface area (Å²) in [5.41, 5.74) is 3.65. The number of aromatic nitrogens is 1. The predicted octanol–water partition coefficient (Wildman–Crippen LogP) is 2.97. The molecule has 0 bridgehead atoms. The minimum absolute atomic E-state index is 0. The highest BCUT2D eigenvalue weighted by Crippen LogP contribution is 2.31. The van der Waals surface area contributed by atoms with E-state index in [1.165, 1.54) is 11.1 Å². The standard InChI is InChI=1S/C18H23N3O.ClH/c1-14-6-5-9-20-16(14)13-21-11-10-19-12-17(21)15-7-3-4-8-18(15)22-2;/h3-9,17,19H,10-13H2,1-2H3;1H. The van der Waals surface area contributed by atoms with Crippen molar-refractivity contribution in [1.82, 2.24) is 15.2 Å². The van der Waals surface area contributed by atoms with E-state index in [2.05, 4.69) is 40.3 Å². The molecular weight excluding hydrogens is 310 g/mol. The second kappa shape index (κ2) is 8.29. The van der Waals surface area contributed by atoms with Crippen molar-refractivity contribution in [1.29, 1.82) is 0 Å². The van der Waals surface area contributed by atoms with Crippen molar-refractivity contribution < 1.29 is 4.74 Å². The minimum atomic E-state index is 0. The normalized spacial score (nSPS) is 18.3. The number of ether oxygens (including phenoxy) is 1. The fourth-order valence-corrected chi connectivity index (χ4v) is 3.06. The first kappa shape index (κ1) is 17.7. The molecule has 1 unspecified atom stereocenters. The van der Waals surface area contributed by atoms with Crippen LogP contribution in [0.15, 0.2) is 42.6 Å². The van der Waals surface area contributed by atoms with Gasteiger partial charge in [0, 0.05) is 37.9 Å². The van der Waals surface area contributed by atoms with Crippen LogP contribution in [0, 0.1) is 6.92 Å². The fraction of sp³-hybridized carbons (Fsp3) is 0.389. The van der Waals surface area contributed by atoms with Crippen LogP contribution in [-0.2, 0) is 6.54 Å². The Morgan fingerprint density at radius 1 is 1.26 bits per heavy atom. The molecule has 1 saturated heterocycles. The first-order valence-corrected chi connectivity index (χ1v) is 7.78. The van der Waals surface area contributed by atoms with E-state index in [1.807, 2.05) is 24.4 Å². The summed E-state index contributed by atoms with van der Waals surface area (Å²) in [7, 11) is 1.74. The van der Waals surface area contributed by atoms with E-state index in [1.54, 1.807) is 7.11 Å². The van der Waals surface area contributed by atoms with Crippen molar-refractivity contribution in [3.05, 3.63) is 59.4 Å². The van der Waals surface area contributed by atoms with Gasteiger partial charge >= 0.3 is 0 Å². The average Bonchev–Trinajstić information content (AvgIpc) is 2.57.